The molecule has 1 spiro atoms. The molecule has 2 heterocycles. The summed E-state index contributed by atoms with van der Waals surface area (Å²) in [5.74, 6) is -0.958. The summed E-state index contributed by atoms with van der Waals surface area (Å²) in [4.78, 5) is 36.5. The molecule has 2 aliphatic heterocycles. The number of nitrogens with one attached hydrogen (secondary N) is 2. The molecule has 2 N–H and O–H groups in total. The van der Waals surface area contributed by atoms with Gasteiger partial charge in [-0.05, 0) is 12.8 Å². The smallest absolute Gasteiger partial charge is 0.322 e. The van der Waals surface area contributed by atoms with Crippen LogP contribution in [-0.2, 0) is 19.4 Å². The lowest BCUT2D eigenvalue weighted by Crippen LogP contribution is -2.59. The van der Waals surface area contributed by atoms with Crippen LogP contribution in [0.3, 0.4) is 0 Å². The van der Waals surface area contributed by atoms with Gasteiger partial charge in [-0.15, -0.1) is 0 Å². The third-order valence-corrected chi connectivity index (χ3v) is 4.49. The van der Waals surface area contributed by atoms with E-state index in [2.05, 4.69) is 10.6 Å². The number of amides is 4. The van der Waals surface area contributed by atoms with Crippen LogP contribution in [0.4, 0.5) is 4.79 Å². The van der Waals surface area contributed by atoms with E-state index in [1.54, 1.807) is 0 Å². The fourth-order valence-electron chi connectivity index (χ4n) is 2.51. The summed E-state index contributed by atoms with van der Waals surface area (Å²) in [6, 6.07) is -0.555. The summed E-state index contributed by atoms with van der Waals surface area (Å²) in [6.45, 7) is 0.556. The monoisotopic (exact) mass is 303 g/mol. The third kappa shape index (κ3) is 3.09. The quantitative estimate of drug-likeness (QED) is 0.624. The Kier molecular flexibility index (Phi) is 3.72. The first-order chi connectivity index (χ1) is 9.22. The zero-order valence-corrected chi connectivity index (χ0v) is 12.0. The maximum Gasteiger partial charge on any atom is 0.322 e. The Morgan fingerprint density at radius 1 is 1.40 bits per heavy atom. The van der Waals surface area contributed by atoms with Crippen LogP contribution in [0.1, 0.15) is 19.3 Å². The normalized spacial score (nSPS) is 26.6. The summed E-state index contributed by atoms with van der Waals surface area (Å²) < 4.78 is 22.1. The van der Waals surface area contributed by atoms with Crippen LogP contribution in [0.15, 0.2) is 0 Å². The van der Waals surface area contributed by atoms with E-state index < -0.39 is 27.3 Å². The van der Waals surface area contributed by atoms with Gasteiger partial charge in [0.1, 0.15) is 15.4 Å². The van der Waals surface area contributed by atoms with Crippen molar-refractivity contribution in [3.8, 4) is 0 Å². The highest BCUT2D eigenvalue weighted by molar-refractivity contribution is 7.90. The number of hydrogen-bond donors (Lipinski definition) is 2. The maximum absolute atomic E-state index is 12.0. The topological polar surface area (TPSA) is 113 Å². The molecule has 2 saturated heterocycles. The van der Waals surface area contributed by atoms with Crippen molar-refractivity contribution in [1.82, 2.24) is 15.5 Å². The van der Waals surface area contributed by atoms with Crippen molar-refractivity contribution in [2.75, 3.05) is 25.1 Å². The number of carbonyl (C=O) groups excluding carboxylic acids is 3. The largest absolute Gasteiger partial charge is 0.340 e. The molecule has 2 fully saturated rings. The molecule has 2 rings (SSSR count). The Hall–Kier alpha value is -1.64. The molecule has 2 aliphatic rings. The summed E-state index contributed by atoms with van der Waals surface area (Å²) >= 11 is 0. The fraction of sp³-hybridized carbons (Fsp3) is 0.727. The number of nitrogens with zero attached hydrogens (tertiary/aromatic N) is 1. The van der Waals surface area contributed by atoms with Crippen molar-refractivity contribution in [2.24, 2.45) is 0 Å². The second-order valence-electron chi connectivity index (χ2n) is 5.29. The summed E-state index contributed by atoms with van der Waals surface area (Å²) in [7, 11) is -3.20. The average molecular weight is 303 g/mol. The number of piperidine rings is 1. The first-order valence-corrected chi connectivity index (χ1v) is 8.37. The highest BCUT2D eigenvalue weighted by Crippen LogP contribution is 2.24. The molecule has 8 nitrogen and oxygen atoms in total. The van der Waals surface area contributed by atoms with Gasteiger partial charge in [0.05, 0.1) is 12.3 Å². The molecule has 20 heavy (non-hydrogen) atoms. The number of urea groups is 1. The summed E-state index contributed by atoms with van der Waals surface area (Å²) in [5.41, 5.74) is -1.06. The Balaban J connectivity index is 2.02. The number of carbonyl (C=O) groups is 3. The van der Waals surface area contributed by atoms with E-state index >= 15 is 0 Å². The highest BCUT2D eigenvalue weighted by atomic mass is 32.2. The molecule has 0 aromatic heterocycles. The van der Waals surface area contributed by atoms with E-state index in [0.717, 1.165) is 6.26 Å². The molecule has 112 valence electrons. The molecule has 4 amide bonds. The van der Waals surface area contributed by atoms with E-state index in [1.807, 2.05) is 0 Å². The van der Waals surface area contributed by atoms with Crippen LogP contribution in [0, 0.1) is 0 Å². The molecular formula is C11H17N3O5S. The Bertz CT molecular complexity index is 558. The zero-order valence-electron chi connectivity index (χ0n) is 11.1. The first kappa shape index (κ1) is 14.8. The molecule has 1 unspecified atom stereocenters. The van der Waals surface area contributed by atoms with Gasteiger partial charge in [0, 0.05) is 19.2 Å². The van der Waals surface area contributed by atoms with Gasteiger partial charge in [-0.3, -0.25) is 14.9 Å². The van der Waals surface area contributed by atoms with Crippen LogP contribution < -0.4 is 10.6 Å². The van der Waals surface area contributed by atoms with Crippen molar-refractivity contribution in [3.63, 3.8) is 0 Å². The lowest BCUT2D eigenvalue weighted by molar-refractivity contribution is -0.135. The van der Waals surface area contributed by atoms with Crippen LogP contribution in [0.5, 0.6) is 0 Å². The predicted molar refractivity (Wildman–Crippen MR) is 69.5 cm³/mol. The fourth-order valence-corrected chi connectivity index (χ4v) is 3.06. The van der Waals surface area contributed by atoms with Gasteiger partial charge in [0.25, 0.3) is 5.91 Å². The minimum atomic E-state index is -3.20. The highest BCUT2D eigenvalue weighted by Gasteiger charge is 2.49. The van der Waals surface area contributed by atoms with E-state index in [0.29, 0.717) is 19.4 Å². The number of imide groups is 1. The minimum absolute atomic E-state index is 0.0904. The SMILES string of the molecule is CS(=O)(=O)CCC(=O)N1CCCC2(C1)NC(=O)NC2=O. The standard InChI is InChI=1S/C11H17N3O5S/c1-20(18,19)6-3-8(15)14-5-2-4-11(7-14)9(16)12-10(17)13-11/h2-7H2,1H3,(H2,12,13,16,17). The molecule has 0 aromatic carbocycles. The molecule has 0 bridgehead atoms. The van der Waals surface area contributed by atoms with Crippen LogP contribution in [0.2, 0.25) is 0 Å². The van der Waals surface area contributed by atoms with Gasteiger partial charge in [-0.25, -0.2) is 13.2 Å². The van der Waals surface area contributed by atoms with Crippen molar-refractivity contribution in [3.05, 3.63) is 0 Å². The summed E-state index contributed by atoms with van der Waals surface area (Å²) in [5, 5.41) is 4.73. The van der Waals surface area contributed by atoms with Gasteiger partial charge in [0.2, 0.25) is 5.91 Å². The minimum Gasteiger partial charge on any atom is -0.340 e. The number of rotatable bonds is 3. The molecule has 0 saturated carbocycles. The van der Waals surface area contributed by atoms with Crippen LogP contribution in [-0.4, -0.2) is 61.8 Å². The molecular weight excluding hydrogens is 286 g/mol. The lowest BCUT2D eigenvalue weighted by atomic mass is 9.89. The lowest BCUT2D eigenvalue weighted by Gasteiger charge is -2.38. The predicted octanol–water partition coefficient (Wildman–Crippen LogP) is -1.38. The number of hydrogen-bond acceptors (Lipinski definition) is 5. The van der Waals surface area contributed by atoms with Gasteiger partial charge in [-0.1, -0.05) is 0 Å². The van der Waals surface area contributed by atoms with E-state index in [9.17, 15) is 22.8 Å². The number of sulfone groups is 1. The molecule has 9 heteroatoms. The third-order valence-electron chi connectivity index (χ3n) is 3.55. The second kappa shape index (κ2) is 5.04. The Morgan fingerprint density at radius 3 is 2.65 bits per heavy atom. The van der Waals surface area contributed by atoms with Crippen molar-refractivity contribution in [1.29, 1.82) is 0 Å². The van der Waals surface area contributed by atoms with Crippen molar-refractivity contribution < 1.29 is 22.8 Å². The van der Waals surface area contributed by atoms with Gasteiger partial charge in [0.15, 0.2) is 0 Å². The van der Waals surface area contributed by atoms with Crippen molar-refractivity contribution >= 4 is 27.7 Å². The van der Waals surface area contributed by atoms with E-state index in [-0.39, 0.29) is 24.6 Å². The van der Waals surface area contributed by atoms with E-state index in [4.69, 9.17) is 0 Å². The molecule has 0 aliphatic carbocycles. The van der Waals surface area contributed by atoms with Crippen LogP contribution in [0.25, 0.3) is 0 Å². The van der Waals surface area contributed by atoms with Crippen molar-refractivity contribution in [2.45, 2.75) is 24.8 Å². The van der Waals surface area contributed by atoms with Gasteiger partial charge in [-0.2, -0.15) is 0 Å². The van der Waals surface area contributed by atoms with Crippen LogP contribution >= 0.6 is 0 Å². The Labute approximate surface area is 116 Å². The van der Waals surface area contributed by atoms with E-state index in [1.165, 1.54) is 4.90 Å². The zero-order chi connectivity index (χ0) is 15.0. The molecule has 1 atom stereocenters. The second-order valence-corrected chi connectivity index (χ2v) is 7.55. The maximum atomic E-state index is 12.0. The Morgan fingerprint density at radius 2 is 2.10 bits per heavy atom. The number of likely N-dealkylation sites (tertiary alicyclic amines) is 1. The first-order valence-electron chi connectivity index (χ1n) is 6.31. The summed E-state index contributed by atoms with van der Waals surface area (Å²) in [6.07, 6.45) is 2.02. The van der Waals surface area contributed by atoms with Gasteiger partial charge < -0.3 is 10.2 Å². The molecule has 0 aromatic rings. The molecule has 0 radical (unpaired) electrons. The average Bonchev–Trinajstić information content (AvgIpc) is 2.60. The van der Waals surface area contributed by atoms with Gasteiger partial charge >= 0.3 is 6.03 Å².